The van der Waals surface area contributed by atoms with Gasteiger partial charge in [0, 0.05) is 45.9 Å². The fourth-order valence-electron chi connectivity index (χ4n) is 3.36. The third-order valence-corrected chi connectivity index (χ3v) is 6.28. The van der Waals surface area contributed by atoms with Gasteiger partial charge in [-0.2, -0.15) is 0 Å². The van der Waals surface area contributed by atoms with Gasteiger partial charge in [0.2, 0.25) is 10.0 Å². The Kier molecular flexibility index (Phi) is 9.81. The van der Waals surface area contributed by atoms with E-state index in [9.17, 15) is 8.42 Å². The Labute approximate surface area is 164 Å². The summed E-state index contributed by atoms with van der Waals surface area (Å²) < 4.78 is 35.9. The summed E-state index contributed by atoms with van der Waals surface area (Å²) in [6.45, 7) is 7.88. The topological polar surface area (TPSA) is 92.3 Å². The second kappa shape index (κ2) is 11.8. The SMILES string of the molecule is CCNC(=NCC1CCN(S(C)(=O)=O)CC1)NCCCOCC1CCCO1. The van der Waals surface area contributed by atoms with Gasteiger partial charge < -0.3 is 20.1 Å². The van der Waals surface area contributed by atoms with E-state index in [1.807, 2.05) is 6.92 Å². The summed E-state index contributed by atoms with van der Waals surface area (Å²) in [5, 5.41) is 6.61. The van der Waals surface area contributed by atoms with Crippen LogP contribution in [0.25, 0.3) is 0 Å². The van der Waals surface area contributed by atoms with Crippen LogP contribution < -0.4 is 10.6 Å². The predicted molar refractivity (Wildman–Crippen MR) is 108 cm³/mol. The summed E-state index contributed by atoms with van der Waals surface area (Å²) in [4.78, 5) is 4.67. The number of rotatable bonds is 10. The van der Waals surface area contributed by atoms with Crippen LogP contribution in [0, 0.1) is 5.92 Å². The molecule has 0 saturated carbocycles. The first-order chi connectivity index (χ1) is 13.0. The van der Waals surface area contributed by atoms with Crippen molar-refractivity contribution in [3.05, 3.63) is 0 Å². The molecule has 2 N–H and O–H groups in total. The third-order valence-electron chi connectivity index (χ3n) is 4.98. The molecule has 0 aliphatic carbocycles. The van der Waals surface area contributed by atoms with Gasteiger partial charge in [-0.05, 0) is 44.9 Å². The minimum Gasteiger partial charge on any atom is -0.379 e. The Hall–Kier alpha value is -0.900. The minimum absolute atomic E-state index is 0.283. The average molecular weight is 405 g/mol. The van der Waals surface area contributed by atoms with Gasteiger partial charge in [0.1, 0.15) is 0 Å². The summed E-state index contributed by atoms with van der Waals surface area (Å²) in [7, 11) is -3.06. The maximum absolute atomic E-state index is 11.6. The molecule has 2 heterocycles. The first-order valence-electron chi connectivity index (χ1n) is 10.2. The number of sulfonamides is 1. The van der Waals surface area contributed by atoms with Crippen LogP contribution in [-0.4, -0.2) is 83.6 Å². The summed E-state index contributed by atoms with van der Waals surface area (Å²) in [6, 6.07) is 0. The van der Waals surface area contributed by atoms with E-state index in [0.717, 1.165) is 70.9 Å². The van der Waals surface area contributed by atoms with Crippen LogP contribution >= 0.6 is 0 Å². The summed E-state index contributed by atoms with van der Waals surface area (Å²) in [6.07, 6.45) is 6.47. The van der Waals surface area contributed by atoms with E-state index in [0.29, 0.717) is 25.6 Å². The van der Waals surface area contributed by atoms with Crippen LogP contribution in [0.3, 0.4) is 0 Å². The maximum atomic E-state index is 11.6. The van der Waals surface area contributed by atoms with E-state index in [4.69, 9.17) is 9.47 Å². The Bertz CT molecular complexity index is 542. The summed E-state index contributed by atoms with van der Waals surface area (Å²) >= 11 is 0. The molecule has 0 amide bonds. The lowest BCUT2D eigenvalue weighted by Crippen LogP contribution is -2.40. The molecule has 2 fully saturated rings. The van der Waals surface area contributed by atoms with Crippen molar-refractivity contribution in [3.63, 3.8) is 0 Å². The highest BCUT2D eigenvalue weighted by Crippen LogP contribution is 2.19. The molecule has 2 aliphatic rings. The zero-order chi connectivity index (χ0) is 19.5. The largest absolute Gasteiger partial charge is 0.379 e. The number of hydrogen-bond donors (Lipinski definition) is 2. The number of piperidine rings is 1. The highest BCUT2D eigenvalue weighted by atomic mass is 32.2. The van der Waals surface area contributed by atoms with Crippen LogP contribution in [0.2, 0.25) is 0 Å². The van der Waals surface area contributed by atoms with Crippen molar-refractivity contribution in [1.82, 2.24) is 14.9 Å². The Morgan fingerprint density at radius 3 is 2.67 bits per heavy atom. The number of ether oxygens (including phenoxy) is 2. The number of hydrogen-bond acceptors (Lipinski definition) is 5. The Morgan fingerprint density at radius 2 is 2.04 bits per heavy atom. The summed E-state index contributed by atoms with van der Waals surface area (Å²) in [5.41, 5.74) is 0. The monoisotopic (exact) mass is 404 g/mol. The maximum Gasteiger partial charge on any atom is 0.211 e. The fourth-order valence-corrected chi connectivity index (χ4v) is 4.23. The van der Waals surface area contributed by atoms with Gasteiger partial charge in [0.25, 0.3) is 0 Å². The smallest absolute Gasteiger partial charge is 0.211 e. The molecule has 8 nitrogen and oxygen atoms in total. The van der Waals surface area contributed by atoms with E-state index in [1.165, 1.54) is 6.26 Å². The van der Waals surface area contributed by atoms with Gasteiger partial charge in [-0.25, -0.2) is 12.7 Å². The number of aliphatic imine (C=N–C) groups is 1. The molecule has 2 saturated heterocycles. The first-order valence-corrected chi connectivity index (χ1v) is 12.0. The average Bonchev–Trinajstić information content (AvgIpc) is 3.15. The van der Waals surface area contributed by atoms with Crippen molar-refractivity contribution in [2.45, 2.75) is 45.1 Å². The van der Waals surface area contributed by atoms with Crippen LogP contribution in [0.1, 0.15) is 39.0 Å². The lowest BCUT2D eigenvalue weighted by molar-refractivity contribution is 0.0168. The molecule has 1 atom stereocenters. The quantitative estimate of drug-likeness (QED) is 0.318. The molecule has 2 rings (SSSR count). The van der Waals surface area contributed by atoms with E-state index in [-0.39, 0.29) is 6.10 Å². The highest BCUT2D eigenvalue weighted by Gasteiger charge is 2.24. The van der Waals surface area contributed by atoms with Crippen molar-refractivity contribution in [2.75, 3.05) is 58.8 Å². The molecule has 0 radical (unpaired) electrons. The van der Waals surface area contributed by atoms with Crippen molar-refractivity contribution >= 4 is 16.0 Å². The van der Waals surface area contributed by atoms with Gasteiger partial charge in [0.15, 0.2) is 5.96 Å². The van der Waals surface area contributed by atoms with Crippen LogP contribution in [0.5, 0.6) is 0 Å². The van der Waals surface area contributed by atoms with Gasteiger partial charge in [0.05, 0.1) is 19.0 Å². The molecule has 0 bridgehead atoms. The Balaban J connectivity index is 1.60. The molecule has 1 unspecified atom stereocenters. The third kappa shape index (κ3) is 8.76. The lowest BCUT2D eigenvalue weighted by atomic mass is 9.98. The fraction of sp³-hybridized carbons (Fsp3) is 0.944. The van der Waals surface area contributed by atoms with Gasteiger partial charge in [-0.15, -0.1) is 0 Å². The predicted octanol–water partition coefficient (Wildman–Crippen LogP) is 0.799. The molecule has 27 heavy (non-hydrogen) atoms. The number of nitrogens with one attached hydrogen (secondary N) is 2. The van der Waals surface area contributed by atoms with Gasteiger partial charge in [-0.1, -0.05) is 0 Å². The van der Waals surface area contributed by atoms with Crippen molar-refractivity contribution in [1.29, 1.82) is 0 Å². The summed E-state index contributed by atoms with van der Waals surface area (Å²) in [5.74, 6) is 1.26. The van der Waals surface area contributed by atoms with E-state index in [2.05, 4.69) is 15.6 Å². The molecule has 0 spiro atoms. The molecule has 0 aromatic carbocycles. The van der Waals surface area contributed by atoms with E-state index >= 15 is 0 Å². The molecule has 0 aromatic rings. The van der Waals surface area contributed by atoms with Crippen molar-refractivity contribution < 1.29 is 17.9 Å². The molecule has 2 aliphatic heterocycles. The van der Waals surface area contributed by atoms with Crippen LogP contribution in [0.15, 0.2) is 4.99 Å². The van der Waals surface area contributed by atoms with E-state index in [1.54, 1.807) is 4.31 Å². The first kappa shape index (κ1) is 22.4. The molecule has 158 valence electrons. The second-order valence-electron chi connectivity index (χ2n) is 7.32. The normalized spacial score (nSPS) is 22.9. The van der Waals surface area contributed by atoms with E-state index < -0.39 is 10.0 Å². The lowest BCUT2D eigenvalue weighted by Gasteiger charge is -2.29. The Morgan fingerprint density at radius 1 is 1.26 bits per heavy atom. The van der Waals surface area contributed by atoms with Crippen molar-refractivity contribution in [2.24, 2.45) is 10.9 Å². The molecular weight excluding hydrogens is 368 g/mol. The molecular formula is C18H36N4O4S. The molecule has 0 aromatic heterocycles. The minimum atomic E-state index is -3.06. The van der Waals surface area contributed by atoms with Crippen LogP contribution in [0.4, 0.5) is 0 Å². The zero-order valence-electron chi connectivity index (χ0n) is 16.8. The second-order valence-corrected chi connectivity index (χ2v) is 9.30. The number of nitrogens with zero attached hydrogens (tertiary/aromatic N) is 2. The number of guanidine groups is 1. The van der Waals surface area contributed by atoms with Gasteiger partial charge >= 0.3 is 0 Å². The standard InChI is InChI=1S/C18H36N4O4S/c1-3-19-18(20-9-5-12-25-15-17-6-4-13-26-17)21-14-16-7-10-22(11-8-16)27(2,23)24/h16-17H,3-15H2,1-2H3,(H2,19,20,21). The highest BCUT2D eigenvalue weighted by molar-refractivity contribution is 7.88. The zero-order valence-corrected chi connectivity index (χ0v) is 17.6. The molecule has 9 heteroatoms. The van der Waals surface area contributed by atoms with Gasteiger partial charge in [-0.3, -0.25) is 4.99 Å². The van der Waals surface area contributed by atoms with Crippen molar-refractivity contribution in [3.8, 4) is 0 Å². The van der Waals surface area contributed by atoms with Crippen LogP contribution in [-0.2, 0) is 19.5 Å².